The van der Waals surface area contributed by atoms with Gasteiger partial charge < -0.3 is 0 Å². The summed E-state index contributed by atoms with van der Waals surface area (Å²) in [5.41, 5.74) is 8.76. The molecule has 2 rings (SSSR count). The van der Waals surface area contributed by atoms with Crippen molar-refractivity contribution in [1.82, 2.24) is 9.97 Å². The third-order valence-corrected chi connectivity index (χ3v) is 4.62. The fourth-order valence-corrected chi connectivity index (χ4v) is 2.88. The molecule has 0 unspecified atom stereocenters. The Hall–Kier alpha value is -2.23. The first-order valence-electron chi connectivity index (χ1n) is 10.1. The van der Waals surface area contributed by atoms with Crippen molar-refractivity contribution in [2.45, 2.75) is 79.1 Å². The Bertz CT molecular complexity index is 755. The average Bonchev–Trinajstić information content (AvgIpc) is 2.64. The molecule has 4 nitrogen and oxygen atoms in total. The maximum absolute atomic E-state index is 4.64. The Kier molecular flexibility index (Phi) is 7.52. The molecule has 1 N–H and O–H groups in total. The number of unbranched alkanes of at least 4 members (excludes halogenated alkanes) is 1. The van der Waals surface area contributed by atoms with Crippen LogP contribution in [-0.2, 0) is 18.3 Å². The van der Waals surface area contributed by atoms with E-state index >= 15 is 0 Å². The first-order chi connectivity index (χ1) is 12.8. The molecule has 0 saturated heterocycles. The zero-order valence-corrected chi connectivity index (χ0v) is 17.8. The van der Waals surface area contributed by atoms with Crippen LogP contribution in [0, 0.1) is 0 Å². The molecule has 0 aliphatic heterocycles. The second-order valence-corrected chi connectivity index (χ2v) is 8.16. The zero-order valence-electron chi connectivity index (χ0n) is 17.8. The predicted octanol–water partition coefficient (Wildman–Crippen LogP) is 5.91. The van der Waals surface area contributed by atoms with Crippen molar-refractivity contribution in [1.29, 1.82) is 0 Å². The standard InChI is InChI=1S/C23H34N4/c1-7-9-11-21-16-20(10-8-2)24-22(25-21)27-26-17(3)18-12-14-19(15-13-18)23(4,5)6/h12-16H,7-11H2,1-6H3,(H,24,25,27). The summed E-state index contributed by atoms with van der Waals surface area (Å²) in [6.45, 7) is 13.0. The number of hydrazone groups is 1. The molecule has 1 heterocycles. The van der Waals surface area contributed by atoms with E-state index in [4.69, 9.17) is 0 Å². The normalized spacial score (nSPS) is 12.3. The van der Waals surface area contributed by atoms with Crippen LogP contribution in [-0.4, -0.2) is 15.7 Å². The summed E-state index contributed by atoms with van der Waals surface area (Å²) in [6.07, 6.45) is 5.34. The lowest BCUT2D eigenvalue weighted by Gasteiger charge is -2.19. The fourth-order valence-electron chi connectivity index (χ4n) is 2.88. The van der Waals surface area contributed by atoms with Crippen LogP contribution in [0.4, 0.5) is 5.95 Å². The number of aromatic nitrogens is 2. The van der Waals surface area contributed by atoms with Gasteiger partial charge in [0.05, 0.1) is 5.71 Å². The van der Waals surface area contributed by atoms with E-state index in [1.165, 1.54) is 5.56 Å². The van der Waals surface area contributed by atoms with E-state index in [-0.39, 0.29) is 5.41 Å². The molecule has 0 fully saturated rings. The molecule has 0 saturated carbocycles. The predicted molar refractivity (Wildman–Crippen MR) is 116 cm³/mol. The van der Waals surface area contributed by atoms with E-state index in [1.54, 1.807) is 0 Å². The van der Waals surface area contributed by atoms with Crippen LogP contribution in [0.5, 0.6) is 0 Å². The minimum Gasteiger partial charge on any atom is -0.245 e. The molecule has 0 spiro atoms. The van der Waals surface area contributed by atoms with Crippen LogP contribution in [0.25, 0.3) is 0 Å². The third kappa shape index (κ3) is 6.46. The summed E-state index contributed by atoms with van der Waals surface area (Å²) in [5.74, 6) is 0.595. The second-order valence-electron chi connectivity index (χ2n) is 8.16. The largest absolute Gasteiger partial charge is 0.245 e. The first kappa shape index (κ1) is 21.1. The molecular weight excluding hydrogens is 332 g/mol. The summed E-state index contributed by atoms with van der Waals surface area (Å²) in [6, 6.07) is 10.7. The first-order valence-corrected chi connectivity index (χ1v) is 10.1. The Labute approximate surface area is 164 Å². The van der Waals surface area contributed by atoms with E-state index < -0.39 is 0 Å². The maximum Gasteiger partial charge on any atom is 0.243 e. The number of nitrogens with zero attached hydrogens (tertiary/aromatic N) is 3. The van der Waals surface area contributed by atoms with Crippen LogP contribution >= 0.6 is 0 Å². The number of anilines is 1. The smallest absolute Gasteiger partial charge is 0.243 e. The summed E-state index contributed by atoms with van der Waals surface area (Å²) in [7, 11) is 0. The molecule has 27 heavy (non-hydrogen) atoms. The van der Waals surface area contributed by atoms with Crippen LogP contribution in [0.2, 0.25) is 0 Å². The average molecular weight is 367 g/mol. The fraction of sp³-hybridized carbons (Fsp3) is 0.522. The molecule has 0 radical (unpaired) electrons. The molecule has 1 aromatic heterocycles. The van der Waals surface area contributed by atoms with Crippen molar-refractivity contribution in [3.05, 3.63) is 52.8 Å². The lowest BCUT2D eigenvalue weighted by Crippen LogP contribution is -2.11. The van der Waals surface area contributed by atoms with Gasteiger partial charge in [0.25, 0.3) is 0 Å². The second kappa shape index (κ2) is 9.63. The molecule has 0 aliphatic carbocycles. The minimum atomic E-state index is 0.157. The van der Waals surface area contributed by atoms with Crippen LogP contribution in [0.3, 0.4) is 0 Å². The minimum absolute atomic E-state index is 0.157. The van der Waals surface area contributed by atoms with Gasteiger partial charge in [-0.25, -0.2) is 15.4 Å². The topological polar surface area (TPSA) is 50.2 Å². The van der Waals surface area contributed by atoms with Gasteiger partial charge in [0.15, 0.2) is 0 Å². The summed E-state index contributed by atoms with van der Waals surface area (Å²) >= 11 is 0. The number of rotatable bonds is 8. The number of benzene rings is 1. The highest BCUT2D eigenvalue weighted by molar-refractivity contribution is 5.99. The highest BCUT2D eigenvalue weighted by Gasteiger charge is 2.13. The molecule has 0 aliphatic rings. The molecule has 0 amide bonds. The molecule has 146 valence electrons. The molecule has 0 atom stereocenters. The van der Waals surface area contributed by atoms with Crippen molar-refractivity contribution in [3.8, 4) is 0 Å². The van der Waals surface area contributed by atoms with Gasteiger partial charge >= 0.3 is 0 Å². The van der Waals surface area contributed by atoms with Gasteiger partial charge in [0, 0.05) is 11.4 Å². The maximum atomic E-state index is 4.64. The lowest BCUT2D eigenvalue weighted by atomic mass is 9.86. The summed E-state index contributed by atoms with van der Waals surface area (Å²) < 4.78 is 0. The number of hydrogen-bond donors (Lipinski definition) is 1. The van der Waals surface area contributed by atoms with Crippen molar-refractivity contribution >= 4 is 11.7 Å². The van der Waals surface area contributed by atoms with Gasteiger partial charge in [-0.05, 0) is 48.8 Å². The molecule has 0 bridgehead atoms. The van der Waals surface area contributed by atoms with Crippen molar-refractivity contribution in [2.75, 3.05) is 5.43 Å². The van der Waals surface area contributed by atoms with Crippen LogP contribution < -0.4 is 5.43 Å². The molecule has 2 aromatic rings. The Morgan fingerprint density at radius 1 is 0.963 bits per heavy atom. The van der Waals surface area contributed by atoms with E-state index in [1.807, 2.05) is 6.92 Å². The van der Waals surface area contributed by atoms with Gasteiger partial charge in [-0.2, -0.15) is 5.10 Å². The number of aryl methyl sites for hydroxylation is 2. The number of nitrogens with one attached hydrogen (secondary N) is 1. The van der Waals surface area contributed by atoms with E-state index in [2.05, 4.69) is 85.4 Å². The lowest BCUT2D eigenvalue weighted by molar-refractivity contribution is 0.590. The zero-order chi connectivity index (χ0) is 19.9. The van der Waals surface area contributed by atoms with Gasteiger partial charge in [-0.1, -0.05) is 71.7 Å². The van der Waals surface area contributed by atoms with Crippen molar-refractivity contribution in [3.63, 3.8) is 0 Å². The third-order valence-electron chi connectivity index (χ3n) is 4.62. The van der Waals surface area contributed by atoms with Crippen molar-refractivity contribution < 1.29 is 0 Å². The Balaban J connectivity index is 2.16. The Morgan fingerprint density at radius 2 is 1.59 bits per heavy atom. The molecular formula is C23H34N4. The summed E-state index contributed by atoms with van der Waals surface area (Å²) in [5, 5.41) is 4.52. The van der Waals surface area contributed by atoms with Gasteiger partial charge in [0.2, 0.25) is 5.95 Å². The van der Waals surface area contributed by atoms with E-state index in [0.29, 0.717) is 5.95 Å². The Morgan fingerprint density at radius 3 is 2.15 bits per heavy atom. The highest BCUT2D eigenvalue weighted by Crippen LogP contribution is 2.22. The summed E-state index contributed by atoms with van der Waals surface area (Å²) in [4.78, 5) is 9.25. The van der Waals surface area contributed by atoms with Gasteiger partial charge in [0.1, 0.15) is 0 Å². The van der Waals surface area contributed by atoms with Gasteiger partial charge in [-0.15, -0.1) is 0 Å². The highest BCUT2D eigenvalue weighted by atomic mass is 15.4. The van der Waals surface area contributed by atoms with Gasteiger partial charge in [-0.3, -0.25) is 0 Å². The van der Waals surface area contributed by atoms with Crippen LogP contribution in [0.15, 0.2) is 35.4 Å². The quantitative estimate of drug-likeness (QED) is 0.467. The SMILES string of the molecule is CCCCc1cc(CCC)nc(NN=C(C)c2ccc(C(C)(C)C)cc2)n1. The molecule has 1 aromatic carbocycles. The number of hydrogen-bond acceptors (Lipinski definition) is 4. The molecule has 4 heteroatoms. The van der Waals surface area contributed by atoms with E-state index in [0.717, 1.165) is 54.8 Å². The monoisotopic (exact) mass is 366 g/mol. The van der Waals surface area contributed by atoms with E-state index in [9.17, 15) is 0 Å². The van der Waals surface area contributed by atoms with Crippen LogP contribution in [0.1, 0.15) is 83.3 Å². The van der Waals surface area contributed by atoms with Crippen molar-refractivity contribution in [2.24, 2.45) is 5.10 Å².